The number of benzene rings is 1. The molecule has 0 spiro atoms. The number of rotatable bonds is 6. The molecule has 1 fully saturated rings. The van der Waals surface area contributed by atoms with E-state index in [1.54, 1.807) is 13.0 Å². The summed E-state index contributed by atoms with van der Waals surface area (Å²) in [5.74, 6) is -0.215. The first-order valence-corrected chi connectivity index (χ1v) is 9.00. The maximum absolute atomic E-state index is 12.6. The highest BCUT2D eigenvalue weighted by atomic mass is 16.6. The zero-order valence-corrected chi connectivity index (χ0v) is 14.9. The molecule has 1 aromatic heterocycles. The zero-order valence-electron chi connectivity index (χ0n) is 14.9. The van der Waals surface area contributed by atoms with E-state index in [1.807, 2.05) is 18.2 Å². The fourth-order valence-electron chi connectivity index (χ4n) is 3.68. The number of pyridine rings is 1. The highest BCUT2D eigenvalue weighted by Crippen LogP contribution is 2.39. The average Bonchev–Trinajstić information content (AvgIpc) is 2.66. The SMILES string of the molecule is CCOC(=O)C1(CNc2c([N+](=O)[O-])cnc3ccccc23)CCCCC1. The van der Waals surface area contributed by atoms with Crippen LogP contribution in [-0.2, 0) is 9.53 Å². The number of hydrogen-bond donors (Lipinski definition) is 1. The van der Waals surface area contributed by atoms with Crippen LogP contribution in [0.3, 0.4) is 0 Å². The second kappa shape index (κ2) is 7.68. The van der Waals surface area contributed by atoms with Gasteiger partial charge in [0.25, 0.3) is 0 Å². The van der Waals surface area contributed by atoms with Gasteiger partial charge in [0.1, 0.15) is 11.9 Å². The van der Waals surface area contributed by atoms with Crippen molar-refractivity contribution in [3.05, 3.63) is 40.6 Å². The predicted molar refractivity (Wildman–Crippen MR) is 99.0 cm³/mol. The van der Waals surface area contributed by atoms with Crippen molar-refractivity contribution in [1.29, 1.82) is 0 Å². The van der Waals surface area contributed by atoms with Gasteiger partial charge in [-0.05, 0) is 25.8 Å². The third-order valence-electron chi connectivity index (χ3n) is 5.07. The summed E-state index contributed by atoms with van der Waals surface area (Å²) in [6.07, 6.45) is 5.74. The molecule has 1 heterocycles. The highest BCUT2D eigenvalue weighted by Gasteiger charge is 2.41. The van der Waals surface area contributed by atoms with Crippen LogP contribution in [0.5, 0.6) is 0 Å². The van der Waals surface area contributed by atoms with Crippen molar-refractivity contribution < 1.29 is 14.5 Å². The number of nitrogens with one attached hydrogen (secondary N) is 1. The molecule has 0 aliphatic heterocycles. The largest absolute Gasteiger partial charge is 0.466 e. The van der Waals surface area contributed by atoms with Crippen molar-refractivity contribution >= 4 is 28.2 Å². The van der Waals surface area contributed by atoms with E-state index in [1.165, 1.54) is 6.20 Å². The lowest BCUT2D eigenvalue weighted by atomic mass is 9.74. The second-order valence-corrected chi connectivity index (χ2v) is 6.71. The Kier molecular flexibility index (Phi) is 5.35. The maximum atomic E-state index is 12.6. The molecule has 7 nitrogen and oxygen atoms in total. The van der Waals surface area contributed by atoms with E-state index in [-0.39, 0.29) is 11.7 Å². The van der Waals surface area contributed by atoms with Crippen LogP contribution >= 0.6 is 0 Å². The molecule has 1 saturated carbocycles. The number of nitro groups is 1. The molecule has 2 aromatic rings. The predicted octanol–water partition coefficient (Wildman–Crippen LogP) is 4.07. The number of hydrogen-bond acceptors (Lipinski definition) is 6. The van der Waals surface area contributed by atoms with Gasteiger partial charge in [0.05, 0.1) is 22.5 Å². The minimum Gasteiger partial charge on any atom is -0.466 e. The third kappa shape index (κ3) is 3.47. The van der Waals surface area contributed by atoms with Gasteiger partial charge in [0, 0.05) is 11.9 Å². The second-order valence-electron chi connectivity index (χ2n) is 6.71. The summed E-state index contributed by atoms with van der Waals surface area (Å²) in [6, 6.07) is 7.27. The van der Waals surface area contributed by atoms with Crippen molar-refractivity contribution in [3.63, 3.8) is 0 Å². The van der Waals surface area contributed by atoms with Gasteiger partial charge in [-0.3, -0.25) is 14.9 Å². The molecule has 0 amide bonds. The Morgan fingerprint density at radius 3 is 2.73 bits per heavy atom. The molecule has 1 N–H and O–H groups in total. The van der Waals surface area contributed by atoms with Gasteiger partial charge < -0.3 is 10.1 Å². The first-order chi connectivity index (χ1) is 12.6. The van der Waals surface area contributed by atoms with Crippen LogP contribution < -0.4 is 5.32 Å². The fourth-order valence-corrected chi connectivity index (χ4v) is 3.68. The summed E-state index contributed by atoms with van der Waals surface area (Å²) in [4.78, 5) is 27.8. The zero-order chi connectivity index (χ0) is 18.6. The standard InChI is InChI=1S/C19H23N3O4/c1-2-26-18(23)19(10-6-3-7-11-19)13-21-17-14-8-4-5-9-15(14)20-12-16(17)22(24)25/h4-5,8-9,12H,2-3,6-7,10-11,13H2,1H3,(H,20,21). The van der Waals surface area contributed by atoms with Gasteiger partial charge in [-0.2, -0.15) is 0 Å². The smallest absolute Gasteiger partial charge is 0.313 e. The molecule has 1 aliphatic carbocycles. The molecule has 1 aliphatic rings. The van der Waals surface area contributed by atoms with E-state index in [0.717, 1.165) is 32.1 Å². The van der Waals surface area contributed by atoms with Crippen molar-refractivity contribution in [3.8, 4) is 0 Å². The monoisotopic (exact) mass is 357 g/mol. The molecule has 0 bridgehead atoms. The third-order valence-corrected chi connectivity index (χ3v) is 5.07. The van der Waals surface area contributed by atoms with Gasteiger partial charge in [0.2, 0.25) is 0 Å². The van der Waals surface area contributed by atoms with E-state index in [4.69, 9.17) is 4.74 Å². The van der Waals surface area contributed by atoms with Gasteiger partial charge in [-0.15, -0.1) is 0 Å². The van der Waals surface area contributed by atoms with Gasteiger partial charge >= 0.3 is 11.7 Å². The Bertz CT molecular complexity index is 816. The Morgan fingerprint density at radius 1 is 1.31 bits per heavy atom. The molecule has 0 unspecified atom stereocenters. The molecule has 0 saturated heterocycles. The number of ether oxygens (including phenoxy) is 1. The van der Waals surface area contributed by atoms with Crippen LogP contribution in [-0.4, -0.2) is 29.0 Å². The molecule has 0 atom stereocenters. The van der Waals surface area contributed by atoms with Crippen molar-refractivity contribution in [2.45, 2.75) is 39.0 Å². The Balaban J connectivity index is 1.95. The molecule has 1 aromatic carbocycles. The number of fused-ring (bicyclic) bond motifs is 1. The van der Waals surface area contributed by atoms with E-state index >= 15 is 0 Å². The van der Waals surface area contributed by atoms with E-state index in [9.17, 15) is 14.9 Å². The minimum atomic E-state index is -0.632. The normalized spacial score (nSPS) is 16.2. The highest BCUT2D eigenvalue weighted by molar-refractivity contribution is 5.95. The molecule has 26 heavy (non-hydrogen) atoms. The quantitative estimate of drug-likeness (QED) is 0.476. The summed E-state index contributed by atoms with van der Waals surface area (Å²) >= 11 is 0. The lowest BCUT2D eigenvalue weighted by molar-refractivity contribution is -0.384. The van der Waals surface area contributed by atoms with Crippen LogP contribution in [0.15, 0.2) is 30.5 Å². The average molecular weight is 357 g/mol. The number of aromatic nitrogens is 1. The molecular weight excluding hydrogens is 334 g/mol. The first kappa shape index (κ1) is 18.1. The van der Waals surface area contributed by atoms with Crippen LogP contribution in [0.1, 0.15) is 39.0 Å². The van der Waals surface area contributed by atoms with E-state index in [2.05, 4.69) is 10.3 Å². The van der Waals surface area contributed by atoms with Crippen LogP contribution in [0.2, 0.25) is 0 Å². The topological polar surface area (TPSA) is 94.4 Å². The number of carbonyl (C=O) groups is 1. The van der Waals surface area contributed by atoms with E-state index < -0.39 is 10.3 Å². The van der Waals surface area contributed by atoms with Gasteiger partial charge in [-0.25, -0.2) is 4.98 Å². The first-order valence-electron chi connectivity index (χ1n) is 9.00. The number of carbonyl (C=O) groups excluding carboxylic acids is 1. The van der Waals surface area contributed by atoms with Crippen LogP contribution in [0.4, 0.5) is 11.4 Å². The fraction of sp³-hybridized carbons (Fsp3) is 0.474. The van der Waals surface area contributed by atoms with Gasteiger partial charge in [-0.1, -0.05) is 37.5 Å². The summed E-state index contributed by atoms with van der Waals surface area (Å²) in [5, 5.41) is 15.3. The Hall–Kier alpha value is -2.70. The molecule has 7 heteroatoms. The molecule has 0 radical (unpaired) electrons. The van der Waals surface area contributed by atoms with Crippen LogP contribution in [0, 0.1) is 15.5 Å². The van der Waals surface area contributed by atoms with Crippen molar-refractivity contribution in [1.82, 2.24) is 4.98 Å². The number of anilines is 1. The van der Waals surface area contributed by atoms with Crippen molar-refractivity contribution in [2.24, 2.45) is 5.41 Å². The number of nitrogens with zero attached hydrogens (tertiary/aromatic N) is 2. The summed E-state index contributed by atoms with van der Waals surface area (Å²) < 4.78 is 5.31. The lowest BCUT2D eigenvalue weighted by Crippen LogP contribution is -2.41. The Labute approximate surface area is 151 Å². The summed E-state index contributed by atoms with van der Waals surface area (Å²) in [5.41, 5.74) is 0.370. The number of esters is 1. The van der Waals surface area contributed by atoms with Crippen molar-refractivity contribution in [2.75, 3.05) is 18.5 Å². The molecule has 138 valence electrons. The molecular formula is C19H23N3O4. The van der Waals surface area contributed by atoms with E-state index in [0.29, 0.717) is 29.7 Å². The Morgan fingerprint density at radius 2 is 2.04 bits per heavy atom. The summed E-state index contributed by atoms with van der Waals surface area (Å²) in [7, 11) is 0. The lowest BCUT2D eigenvalue weighted by Gasteiger charge is -2.35. The minimum absolute atomic E-state index is 0.0847. The maximum Gasteiger partial charge on any atom is 0.313 e. The number of para-hydroxylation sites is 1. The summed E-state index contributed by atoms with van der Waals surface area (Å²) in [6.45, 7) is 2.45. The van der Waals surface area contributed by atoms with Gasteiger partial charge in [0.15, 0.2) is 0 Å². The van der Waals surface area contributed by atoms with Crippen LogP contribution in [0.25, 0.3) is 10.9 Å². The molecule has 3 rings (SSSR count).